The Morgan fingerprint density at radius 3 is 2.78 bits per heavy atom. The molecule has 0 aliphatic heterocycles. The van der Waals surface area contributed by atoms with E-state index in [9.17, 15) is 0 Å². The third kappa shape index (κ3) is 2.58. The van der Waals surface area contributed by atoms with Crippen molar-refractivity contribution in [2.75, 3.05) is 0 Å². The number of nitrogens with zero attached hydrogens (tertiary/aromatic N) is 3. The molecule has 94 valence electrons. The summed E-state index contributed by atoms with van der Waals surface area (Å²) in [6.45, 7) is 2.00. The molecule has 1 fully saturated rings. The molecule has 0 spiro atoms. The van der Waals surface area contributed by atoms with Gasteiger partial charge in [0, 0.05) is 11.3 Å². The number of halogens is 2. The van der Waals surface area contributed by atoms with Crippen LogP contribution in [0.2, 0.25) is 5.15 Å². The van der Waals surface area contributed by atoms with Crippen LogP contribution in [0.5, 0.6) is 0 Å². The predicted molar refractivity (Wildman–Crippen MR) is 76.4 cm³/mol. The van der Waals surface area contributed by atoms with E-state index in [1.165, 1.54) is 12.8 Å². The highest BCUT2D eigenvalue weighted by atomic mass is 79.9. The van der Waals surface area contributed by atoms with Crippen LogP contribution >= 0.6 is 38.9 Å². The molecular formula is C12H11BrClN3S. The minimum Gasteiger partial charge on any atom is -0.246 e. The Morgan fingerprint density at radius 2 is 2.17 bits per heavy atom. The Balaban J connectivity index is 1.92. The predicted octanol–water partition coefficient (Wildman–Crippen LogP) is 4.13. The molecule has 2 aromatic rings. The van der Waals surface area contributed by atoms with Gasteiger partial charge in [-0.1, -0.05) is 11.6 Å². The Labute approximate surface area is 123 Å². The SMILES string of the molecule is Cc1nc(Cc2nc(Cl)c(Br)c(C3CC3)n2)cs1. The Morgan fingerprint density at radius 1 is 1.39 bits per heavy atom. The molecule has 2 heterocycles. The number of hydrogen-bond acceptors (Lipinski definition) is 4. The molecule has 1 aliphatic carbocycles. The molecule has 18 heavy (non-hydrogen) atoms. The lowest BCUT2D eigenvalue weighted by molar-refractivity contribution is 0.877. The minimum absolute atomic E-state index is 0.508. The first-order chi connectivity index (χ1) is 8.63. The molecule has 0 bridgehead atoms. The summed E-state index contributed by atoms with van der Waals surface area (Å²) < 4.78 is 0.852. The Bertz CT molecular complexity index is 595. The summed E-state index contributed by atoms with van der Waals surface area (Å²) in [5.74, 6) is 1.31. The highest BCUT2D eigenvalue weighted by Gasteiger charge is 2.29. The molecule has 1 saturated carbocycles. The smallest absolute Gasteiger partial charge is 0.147 e. The van der Waals surface area contributed by atoms with Crippen molar-refractivity contribution in [3.8, 4) is 0 Å². The van der Waals surface area contributed by atoms with Crippen molar-refractivity contribution in [3.63, 3.8) is 0 Å². The van der Waals surface area contributed by atoms with Crippen LogP contribution in [0.15, 0.2) is 9.85 Å². The lowest BCUT2D eigenvalue weighted by Crippen LogP contribution is -2.02. The van der Waals surface area contributed by atoms with Gasteiger partial charge < -0.3 is 0 Å². The number of rotatable bonds is 3. The fourth-order valence-corrected chi connectivity index (χ4v) is 3.15. The van der Waals surface area contributed by atoms with E-state index >= 15 is 0 Å². The van der Waals surface area contributed by atoms with Crippen LogP contribution < -0.4 is 0 Å². The zero-order valence-corrected chi connectivity index (χ0v) is 12.9. The topological polar surface area (TPSA) is 38.7 Å². The third-order valence-corrected chi connectivity index (χ3v) is 4.96. The van der Waals surface area contributed by atoms with Gasteiger partial charge in [0.05, 0.1) is 27.3 Å². The van der Waals surface area contributed by atoms with E-state index in [1.807, 2.05) is 12.3 Å². The van der Waals surface area contributed by atoms with E-state index in [2.05, 4.69) is 30.9 Å². The average Bonchev–Trinajstić information content (AvgIpc) is 3.08. The van der Waals surface area contributed by atoms with E-state index in [4.69, 9.17) is 11.6 Å². The van der Waals surface area contributed by atoms with E-state index in [1.54, 1.807) is 11.3 Å². The fourth-order valence-electron chi connectivity index (χ4n) is 1.84. The van der Waals surface area contributed by atoms with Gasteiger partial charge in [-0.05, 0) is 35.7 Å². The highest BCUT2D eigenvalue weighted by molar-refractivity contribution is 9.10. The molecule has 0 aromatic carbocycles. The van der Waals surface area contributed by atoms with Crippen LogP contribution in [0.1, 0.15) is 41.0 Å². The molecule has 1 aliphatic rings. The van der Waals surface area contributed by atoms with Crippen LogP contribution in [-0.4, -0.2) is 15.0 Å². The van der Waals surface area contributed by atoms with Crippen molar-refractivity contribution in [1.29, 1.82) is 0 Å². The second-order valence-corrected chi connectivity index (χ2v) is 6.65. The molecule has 0 unspecified atom stereocenters. The van der Waals surface area contributed by atoms with Crippen molar-refractivity contribution >= 4 is 38.9 Å². The zero-order chi connectivity index (χ0) is 12.7. The van der Waals surface area contributed by atoms with Crippen LogP contribution in [0.4, 0.5) is 0 Å². The van der Waals surface area contributed by atoms with E-state index in [0.717, 1.165) is 26.7 Å². The highest BCUT2D eigenvalue weighted by Crippen LogP contribution is 2.43. The molecule has 3 nitrogen and oxygen atoms in total. The number of aryl methyl sites for hydroxylation is 1. The standard InChI is InChI=1S/C12H11BrClN3S/c1-6-15-8(5-18-6)4-9-16-11(7-2-3-7)10(13)12(14)17-9/h5,7H,2-4H2,1H3. The van der Waals surface area contributed by atoms with E-state index < -0.39 is 0 Å². The zero-order valence-electron chi connectivity index (χ0n) is 9.78. The van der Waals surface area contributed by atoms with Gasteiger partial charge in [0.25, 0.3) is 0 Å². The Kier molecular flexibility index (Phi) is 3.38. The summed E-state index contributed by atoms with van der Waals surface area (Å²) in [6, 6.07) is 0. The maximum absolute atomic E-state index is 6.15. The lowest BCUT2D eigenvalue weighted by atomic mass is 10.2. The van der Waals surface area contributed by atoms with Crippen LogP contribution in [0, 0.1) is 6.92 Å². The maximum Gasteiger partial charge on any atom is 0.147 e. The monoisotopic (exact) mass is 343 g/mol. The van der Waals surface area contributed by atoms with Crippen LogP contribution in [0.3, 0.4) is 0 Å². The summed E-state index contributed by atoms with van der Waals surface area (Å²) in [5.41, 5.74) is 2.06. The first-order valence-corrected chi connectivity index (χ1v) is 7.81. The average molecular weight is 345 g/mol. The number of hydrogen-bond donors (Lipinski definition) is 0. The van der Waals surface area contributed by atoms with Crippen molar-refractivity contribution < 1.29 is 0 Å². The molecular weight excluding hydrogens is 334 g/mol. The Hall–Kier alpha value is -0.520. The van der Waals surface area contributed by atoms with Crippen LogP contribution in [-0.2, 0) is 6.42 Å². The van der Waals surface area contributed by atoms with E-state index in [-0.39, 0.29) is 0 Å². The largest absolute Gasteiger partial charge is 0.246 e. The molecule has 6 heteroatoms. The summed E-state index contributed by atoms with van der Waals surface area (Å²) in [5, 5.41) is 3.62. The molecule has 0 N–H and O–H groups in total. The van der Waals surface area contributed by atoms with Gasteiger partial charge in [-0.2, -0.15) is 0 Å². The summed E-state index contributed by atoms with van der Waals surface area (Å²) in [6.07, 6.45) is 3.04. The molecule has 3 rings (SSSR count). The summed E-state index contributed by atoms with van der Waals surface area (Å²) >= 11 is 11.3. The van der Waals surface area contributed by atoms with Gasteiger partial charge in [-0.25, -0.2) is 15.0 Å². The van der Waals surface area contributed by atoms with Crippen molar-refractivity contribution in [2.24, 2.45) is 0 Å². The summed E-state index contributed by atoms with van der Waals surface area (Å²) in [7, 11) is 0. The normalized spacial score (nSPS) is 15.1. The second-order valence-electron chi connectivity index (χ2n) is 4.44. The minimum atomic E-state index is 0.508. The first-order valence-electron chi connectivity index (χ1n) is 5.76. The maximum atomic E-state index is 6.15. The van der Waals surface area contributed by atoms with Gasteiger partial charge in [0.15, 0.2) is 0 Å². The molecule has 0 atom stereocenters. The fraction of sp³-hybridized carbons (Fsp3) is 0.417. The first kappa shape index (κ1) is 12.5. The third-order valence-electron chi connectivity index (χ3n) is 2.85. The van der Waals surface area contributed by atoms with Gasteiger partial charge in [-0.3, -0.25) is 0 Å². The molecule has 0 saturated heterocycles. The number of aromatic nitrogens is 3. The van der Waals surface area contributed by atoms with Crippen LogP contribution in [0.25, 0.3) is 0 Å². The van der Waals surface area contributed by atoms with E-state index in [0.29, 0.717) is 17.5 Å². The van der Waals surface area contributed by atoms with Crippen molar-refractivity contribution in [1.82, 2.24) is 15.0 Å². The molecule has 0 amide bonds. The lowest BCUT2D eigenvalue weighted by Gasteiger charge is -2.06. The quantitative estimate of drug-likeness (QED) is 0.786. The van der Waals surface area contributed by atoms with Crippen molar-refractivity contribution in [3.05, 3.63) is 37.2 Å². The van der Waals surface area contributed by atoms with Gasteiger partial charge in [0.2, 0.25) is 0 Å². The second kappa shape index (κ2) is 4.87. The van der Waals surface area contributed by atoms with Gasteiger partial charge >= 0.3 is 0 Å². The van der Waals surface area contributed by atoms with Gasteiger partial charge in [0.1, 0.15) is 11.0 Å². The molecule has 2 aromatic heterocycles. The number of thiazole rings is 1. The summed E-state index contributed by atoms with van der Waals surface area (Å²) in [4.78, 5) is 13.4. The molecule has 0 radical (unpaired) electrons. The van der Waals surface area contributed by atoms with Gasteiger partial charge in [-0.15, -0.1) is 11.3 Å². The van der Waals surface area contributed by atoms with Crippen molar-refractivity contribution in [2.45, 2.75) is 32.1 Å².